The fourth-order valence-electron chi connectivity index (χ4n) is 4.45. The van der Waals surface area contributed by atoms with Gasteiger partial charge in [-0.1, -0.05) is 19.0 Å². The molecule has 2 heterocycles. The summed E-state index contributed by atoms with van der Waals surface area (Å²) in [4.78, 5) is 13.1. The summed E-state index contributed by atoms with van der Waals surface area (Å²) < 4.78 is 47.5. The quantitative estimate of drug-likeness (QED) is 0.541. The van der Waals surface area contributed by atoms with Gasteiger partial charge in [-0.05, 0) is 65.7 Å². The van der Waals surface area contributed by atoms with Crippen LogP contribution in [0.5, 0.6) is 0 Å². The van der Waals surface area contributed by atoms with Crippen molar-refractivity contribution in [1.82, 2.24) is 5.16 Å². The maximum Gasteiger partial charge on any atom is 0.247 e. The molecule has 2 aliphatic rings. The van der Waals surface area contributed by atoms with Crippen molar-refractivity contribution in [3.8, 4) is 0 Å². The largest absolute Gasteiger partial charge is 0.381 e. The molecule has 0 aromatic carbocycles. The Balaban J connectivity index is 1.65. The van der Waals surface area contributed by atoms with Crippen LogP contribution in [0.25, 0.3) is 0 Å². The number of hydrogen-bond acceptors (Lipinski definition) is 8. The van der Waals surface area contributed by atoms with Gasteiger partial charge in [0, 0.05) is 25.2 Å². The normalized spacial score (nSPS) is 25.6. The van der Waals surface area contributed by atoms with Gasteiger partial charge >= 0.3 is 0 Å². The van der Waals surface area contributed by atoms with Crippen LogP contribution in [-0.2, 0) is 34.3 Å². The second-order valence-corrected chi connectivity index (χ2v) is 13.3. The molecule has 1 N–H and O–H groups in total. The maximum atomic E-state index is 13.3. The molecule has 1 aliphatic carbocycles. The van der Waals surface area contributed by atoms with Crippen molar-refractivity contribution in [1.29, 1.82) is 0 Å². The Kier molecular flexibility index (Phi) is 8.48. The van der Waals surface area contributed by atoms with Gasteiger partial charge in [0.25, 0.3) is 0 Å². The lowest BCUT2D eigenvalue weighted by atomic mass is 9.84. The molecule has 1 amide bonds. The van der Waals surface area contributed by atoms with Crippen LogP contribution < -0.4 is 5.32 Å². The second-order valence-electron chi connectivity index (χ2n) is 10.5. The number of nitrogens with one attached hydrogen (secondary N) is 1. The Morgan fingerprint density at radius 3 is 2.41 bits per heavy atom. The fourth-order valence-corrected chi connectivity index (χ4v) is 6.48. The number of nitrogens with zero attached hydrogens (tertiary/aromatic N) is 1. The molecule has 10 heteroatoms. The average Bonchev–Trinajstić information content (AvgIpc) is 3.29. The molecule has 2 fully saturated rings. The third-order valence-electron chi connectivity index (χ3n) is 7.57. The molecule has 2 atom stereocenters. The number of carbonyl (C=O) groups excluding carboxylic acids is 1. The van der Waals surface area contributed by atoms with Crippen LogP contribution >= 0.6 is 0 Å². The van der Waals surface area contributed by atoms with E-state index < -0.39 is 31.2 Å². The van der Waals surface area contributed by atoms with Gasteiger partial charge in [0.2, 0.25) is 11.8 Å². The van der Waals surface area contributed by atoms with E-state index in [2.05, 4.69) is 10.5 Å². The molecule has 1 saturated heterocycles. The maximum absolute atomic E-state index is 13.3. The highest BCUT2D eigenvalue weighted by atomic mass is 32.2. The van der Waals surface area contributed by atoms with Gasteiger partial charge in [-0.25, -0.2) is 8.42 Å². The van der Waals surface area contributed by atoms with E-state index in [4.69, 9.17) is 18.7 Å². The summed E-state index contributed by atoms with van der Waals surface area (Å²) in [5.74, 6) is -0.526. The zero-order chi connectivity index (χ0) is 25.1. The van der Waals surface area contributed by atoms with Crippen molar-refractivity contribution in [2.24, 2.45) is 0 Å². The van der Waals surface area contributed by atoms with E-state index in [9.17, 15) is 13.2 Å². The summed E-state index contributed by atoms with van der Waals surface area (Å²) in [5, 5.41) is 6.19. The number of carbonyl (C=O) groups is 1. The SMILES string of the molecule is COC1CCC(S(=O)(=O)C(C)(C)C(=O)Nc2cc(C(C)(C)[C@H](C)OC3CCCCO3)no2)CC1. The van der Waals surface area contributed by atoms with Crippen molar-refractivity contribution in [3.63, 3.8) is 0 Å². The van der Waals surface area contributed by atoms with Crippen LogP contribution in [0.4, 0.5) is 5.88 Å². The summed E-state index contributed by atoms with van der Waals surface area (Å²) >= 11 is 0. The first-order valence-electron chi connectivity index (χ1n) is 12.2. The molecule has 1 aromatic heterocycles. The molecule has 194 valence electrons. The number of anilines is 1. The smallest absolute Gasteiger partial charge is 0.247 e. The third-order valence-corrected chi connectivity index (χ3v) is 10.5. The minimum atomic E-state index is -3.73. The van der Waals surface area contributed by atoms with E-state index in [0.717, 1.165) is 19.3 Å². The van der Waals surface area contributed by atoms with Crippen LogP contribution in [0.3, 0.4) is 0 Å². The Hall–Kier alpha value is -1.49. The molecule has 3 rings (SSSR count). The van der Waals surface area contributed by atoms with Gasteiger partial charge in [-0.15, -0.1) is 0 Å². The van der Waals surface area contributed by atoms with Gasteiger partial charge in [0.15, 0.2) is 16.1 Å². The van der Waals surface area contributed by atoms with Crippen molar-refractivity contribution in [3.05, 3.63) is 11.8 Å². The lowest BCUT2D eigenvalue weighted by molar-refractivity contribution is -0.196. The molecule has 0 radical (unpaired) electrons. The number of methoxy groups -OCH3 is 1. The van der Waals surface area contributed by atoms with Crippen LogP contribution in [0, 0.1) is 0 Å². The number of amides is 1. The summed E-state index contributed by atoms with van der Waals surface area (Å²) in [6.07, 6.45) is 4.92. The monoisotopic (exact) mass is 500 g/mol. The molecule has 1 aliphatic heterocycles. The Bertz CT molecular complexity index is 927. The van der Waals surface area contributed by atoms with E-state index in [-0.39, 0.29) is 24.4 Å². The third kappa shape index (κ3) is 5.66. The zero-order valence-corrected chi connectivity index (χ0v) is 22.1. The van der Waals surface area contributed by atoms with Crippen LogP contribution in [0.1, 0.15) is 85.3 Å². The average molecular weight is 501 g/mol. The Labute approximate surface area is 203 Å². The molecule has 1 unspecified atom stereocenters. The molecule has 1 saturated carbocycles. The van der Waals surface area contributed by atoms with E-state index in [1.807, 2.05) is 20.8 Å². The molecular formula is C24H40N2O7S. The van der Waals surface area contributed by atoms with Crippen LogP contribution in [-0.4, -0.2) is 61.7 Å². The Morgan fingerprint density at radius 1 is 1.15 bits per heavy atom. The van der Waals surface area contributed by atoms with E-state index >= 15 is 0 Å². The number of ether oxygens (including phenoxy) is 3. The first-order valence-corrected chi connectivity index (χ1v) is 13.8. The minimum absolute atomic E-state index is 0.0791. The number of hydrogen-bond donors (Lipinski definition) is 1. The van der Waals surface area contributed by atoms with E-state index in [1.165, 1.54) is 13.8 Å². The summed E-state index contributed by atoms with van der Waals surface area (Å²) in [7, 11) is -2.09. The standard InChI is InChI=1S/C24H40N2O7S/c1-16(32-21-9-7-8-14-31-21)23(2,3)19-15-20(33-26-19)25-22(27)24(4,5)34(28,29)18-12-10-17(30-6)11-13-18/h15-18,21H,7-14H2,1-6H3,(H,25,27)/t16-,17?,18?,21?/m0/s1. The van der Waals surface area contributed by atoms with Crippen molar-refractivity contribution < 1.29 is 31.9 Å². The van der Waals surface area contributed by atoms with Gasteiger partial charge in [0.05, 0.1) is 23.2 Å². The molecule has 0 bridgehead atoms. The Morgan fingerprint density at radius 2 is 1.82 bits per heavy atom. The highest BCUT2D eigenvalue weighted by molar-refractivity contribution is 7.94. The van der Waals surface area contributed by atoms with Crippen LogP contribution in [0.2, 0.25) is 0 Å². The van der Waals surface area contributed by atoms with Gasteiger partial charge in [0.1, 0.15) is 4.75 Å². The molecule has 34 heavy (non-hydrogen) atoms. The van der Waals surface area contributed by atoms with Gasteiger partial charge in [-0.2, -0.15) is 0 Å². The zero-order valence-electron chi connectivity index (χ0n) is 21.3. The lowest BCUT2D eigenvalue weighted by Gasteiger charge is -2.34. The van der Waals surface area contributed by atoms with E-state index in [0.29, 0.717) is 38.0 Å². The lowest BCUT2D eigenvalue weighted by Crippen LogP contribution is -2.49. The summed E-state index contributed by atoms with van der Waals surface area (Å²) in [6.45, 7) is 9.51. The summed E-state index contributed by atoms with van der Waals surface area (Å²) in [6, 6.07) is 1.63. The predicted molar refractivity (Wildman–Crippen MR) is 128 cm³/mol. The number of sulfone groups is 1. The van der Waals surface area contributed by atoms with Gasteiger partial charge < -0.3 is 18.7 Å². The molecular weight excluding hydrogens is 460 g/mol. The topological polar surface area (TPSA) is 117 Å². The van der Waals surface area contributed by atoms with Gasteiger partial charge in [-0.3, -0.25) is 10.1 Å². The molecule has 1 aromatic rings. The van der Waals surface area contributed by atoms with E-state index in [1.54, 1.807) is 13.2 Å². The second kappa shape index (κ2) is 10.6. The molecule has 9 nitrogen and oxygen atoms in total. The van der Waals surface area contributed by atoms with Crippen LogP contribution in [0.15, 0.2) is 10.6 Å². The number of rotatable bonds is 9. The van der Waals surface area contributed by atoms with Crippen molar-refractivity contribution in [2.45, 2.75) is 113 Å². The first-order chi connectivity index (χ1) is 15.9. The number of aromatic nitrogens is 1. The summed E-state index contributed by atoms with van der Waals surface area (Å²) in [5.41, 5.74) is 0.0826. The van der Waals surface area contributed by atoms with Crippen molar-refractivity contribution in [2.75, 3.05) is 19.0 Å². The predicted octanol–water partition coefficient (Wildman–Crippen LogP) is 3.97. The highest BCUT2D eigenvalue weighted by Gasteiger charge is 2.47. The minimum Gasteiger partial charge on any atom is -0.381 e. The highest BCUT2D eigenvalue weighted by Crippen LogP contribution is 2.35. The van der Waals surface area contributed by atoms with Crippen molar-refractivity contribution >= 4 is 21.6 Å². The first kappa shape index (κ1) is 27.1. The molecule has 0 spiro atoms. The fraction of sp³-hybridized carbons (Fsp3) is 0.833.